The van der Waals surface area contributed by atoms with Crippen LogP contribution in [0.15, 0.2) is 151 Å². The van der Waals surface area contributed by atoms with E-state index in [1.54, 1.807) is 12.2 Å². The van der Waals surface area contributed by atoms with Gasteiger partial charge in [-0.1, -0.05) is 113 Å². The standard InChI is InChI=1S/2C20H16Br2O/c2*1-2-11-23-20-10-9-17(22)13-19(20)18(12-14-3-4-14)15-5-7-16(21)8-6-15/h2*2,5-10,13H,1,3-4,11H2. The average Bonchev–Trinajstić information content (AvgIpc) is 4.00. The highest BCUT2D eigenvalue weighted by Crippen LogP contribution is 2.38. The van der Waals surface area contributed by atoms with E-state index in [0.717, 1.165) is 88.5 Å². The molecule has 0 bridgehead atoms. The minimum Gasteiger partial charge on any atom is -0.489 e. The van der Waals surface area contributed by atoms with Crippen molar-refractivity contribution in [3.63, 3.8) is 0 Å². The van der Waals surface area contributed by atoms with Crippen LogP contribution in [0.4, 0.5) is 0 Å². The second-order valence-corrected chi connectivity index (χ2v) is 14.4. The monoisotopic (exact) mass is 860 g/mol. The van der Waals surface area contributed by atoms with Crippen LogP contribution in [0.3, 0.4) is 0 Å². The number of hydrogen-bond acceptors (Lipinski definition) is 2. The topological polar surface area (TPSA) is 18.5 Å². The molecule has 0 heterocycles. The van der Waals surface area contributed by atoms with Crippen LogP contribution in [0, 0.1) is 0 Å². The summed E-state index contributed by atoms with van der Waals surface area (Å²) in [6, 6.07) is 28.8. The molecule has 0 saturated heterocycles. The molecule has 6 rings (SSSR count). The molecule has 2 saturated carbocycles. The average molecular weight is 864 g/mol. The summed E-state index contributed by atoms with van der Waals surface area (Å²) in [5.74, 6) is 1.69. The summed E-state index contributed by atoms with van der Waals surface area (Å²) in [5.41, 5.74) is 16.4. The quantitative estimate of drug-likeness (QED) is 0.117. The van der Waals surface area contributed by atoms with Gasteiger partial charge in [-0.3, -0.25) is 0 Å². The maximum absolute atomic E-state index is 5.85. The molecule has 46 heavy (non-hydrogen) atoms. The van der Waals surface area contributed by atoms with Crippen molar-refractivity contribution in [3.8, 4) is 11.5 Å². The number of hydrogen-bond donors (Lipinski definition) is 0. The molecule has 2 aliphatic carbocycles. The lowest BCUT2D eigenvalue weighted by molar-refractivity contribution is 0.362. The summed E-state index contributed by atoms with van der Waals surface area (Å²) >= 11 is 14.1. The number of halogens is 4. The zero-order chi connectivity index (χ0) is 32.5. The zero-order valence-corrected chi connectivity index (χ0v) is 31.6. The first-order valence-corrected chi connectivity index (χ1v) is 18.1. The Balaban J connectivity index is 0.000000181. The van der Waals surface area contributed by atoms with E-state index in [4.69, 9.17) is 9.47 Å². The lowest BCUT2D eigenvalue weighted by Crippen LogP contribution is -1.98. The smallest absolute Gasteiger partial charge is 0.128 e. The van der Waals surface area contributed by atoms with Crippen LogP contribution in [0.25, 0.3) is 11.1 Å². The third kappa shape index (κ3) is 9.96. The van der Waals surface area contributed by atoms with Gasteiger partial charge in [-0.25, -0.2) is 0 Å². The van der Waals surface area contributed by atoms with Crippen LogP contribution in [0.2, 0.25) is 0 Å². The highest BCUT2D eigenvalue weighted by atomic mass is 79.9. The molecule has 0 aliphatic heterocycles. The summed E-state index contributed by atoms with van der Waals surface area (Å²) in [7, 11) is 0. The van der Waals surface area contributed by atoms with Crippen molar-refractivity contribution < 1.29 is 9.47 Å². The Morgan fingerprint density at radius 2 is 0.891 bits per heavy atom. The van der Waals surface area contributed by atoms with Crippen molar-refractivity contribution in [3.05, 3.63) is 173 Å². The summed E-state index contributed by atoms with van der Waals surface area (Å²) in [4.78, 5) is 0. The Kier molecular flexibility index (Phi) is 12.4. The van der Waals surface area contributed by atoms with Crippen LogP contribution in [0.1, 0.15) is 47.9 Å². The van der Waals surface area contributed by atoms with Gasteiger partial charge in [0.2, 0.25) is 0 Å². The number of allylic oxidation sites excluding steroid dienone is 2. The molecule has 232 valence electrons. The molecule has 2 fully saturated rings. The van der Waals surface area contributed by atoms with E-state index >= 15 is 0 Å². The van der Waals surface area contributed by atoms with Crippen molar-refractivity contribution in [2.24, 2.45) is 0 Å². The molecule has 0 N–H and O–H groups in total. The molecule has 0 unspecified atom stereocenters. The Morgan fingerprint density at radius 1 is 0.543 bits per heavy atom. The van der Waals surface area contributed by atoms with Gasteiger partial charge in [0.15, 0.2) is 0 Å². The highest BCUT2D eigenvalue weighted by Gasteiger charge is 2.17. The molecular formula is C40H32Br4O2. The Labute approximate surface area is 305 Å². The minimum atomic E-state index is 0.485. The van der Waals surface area contributed by atoms with Crippen LogP contribution < -0.4 is 9.47 Å². The van der Waals surface area contributed by atoms with Gasteiger partial charge in [0.1, 0.15) is 24.7 Å². The molecule has 0 radical (unpaired) electrons. The molecule has 0 aromatic heterocycles. The number of rotatable bonds is 10. The van der Waals surface area contributed by atoms with Gasteiger partial charge < -0.3 is 9.47 Å². The van der Waals surface area contributed by atoms with E-state index in [-0.39, 0.29) is 0 Å². The van der Waals surface area contributed by atoms with Crippen LogP contribution >= 0.6 is 63.7 Å². The molecule has 4 aromatic rings. The fourth-order valence-corrected chi connectivity index (χ4v) is 5.75. The maximum Gasteiger partial charge on any atom is 0.128 e. The van der Waals surface area contributed by atoms with Gasteiger partial charge in [-0.2, -0.15) is 0 Å². The second kappa shape index (κ2) is 16.7. The fraction of sp³-hybridized carbons (Fsp3) is 0.150. The van der Waals surface area contributed by atoms with Gasteiger partial charge in [0, 0.05) is 40.2 Å². The van der Waals surface area contributed by atoms with Gasteiger partial charge in [0.05, 0.1) is 0 Å². The van der Waals surface area contributed by atoms with Crippen molar-refractivity contribution in [2.75, 3.05) is 13.2 Å². The van der Waals surface area contributed by atoms with E-state index in [1.165, 1.54) is 11.1 Å². The molecule has 6 heteroatoms. The third-order valence-corrected chi connectivity index (χ3v) is 9.05. The number of benzene rings is 4. The van der Waals surface area contributed by atoms with Crippen LogP contribution in [-0.2, 0) is 0 Å². The normalized spacial score (nSPS) is 12.5. The Bertz CT molecular complexity index is 1720. The Hall–Kier alpha value is -3.08. The highest BCUT2D eigenvalue weighted by molar-refractivity contribution is 9.11. The minimum absolute atomic E-state index is 0.485. The van der Waals surface area contributed by atoms with Gasteiger partial charge in [-0.15, -0.1) is 11.5 Å². The first-order chi connectivity index (χ1) is 22.3. The van der Waals surface area contributed by atoms with Crippen molar-refractivity contribution >= 4 is 74.9 Å². The molecular weight excluding hydrogens is 832 g/mol. The summed E-state index contributed by atoms with van der Waals surface area (Å²) in [5, 5.41) is 0. The second-order valence-electron chi connectivity index (χ2n) is 10.7. The van der Waals surface area contributed by atoms with Crippen molar-refractivity contribution in [2.45, 2.75) is 25.7 Å². The molecule has 0 spiro atoms. The largest absolute Gasteiger partial charge is 0.489 e. The number of ether oxygens (including phenoxy) is 2. The van der Waals surface area contributed by atoms with Gasteiger partial charge >= 0.3 is 0 Å². The predicted octanol–water partition coefficient (Wildman–Crippen LogP) is 13.1. The molecule has 0 atom stereocenters. The summed E-state index contributed by atoms with van der Waals surface area (Å²) < 4.78 is 15.9. The maximum atomic E-state index is 5.85. The van der Waals surface area contributed by atoms with Crippen molar-refractivity contribution in [1.29, 1.82) is 0 Å². The van der Waals surface area contributed by atoms with E-state index < -0.39 is 0 Å². The lowest BCUT2D eigenvalue weighted by atomic mass is 9.97. The predicted molar refractivity (Wildman–Crippen MR) is 205 cm³/mol. The van der Waals surface area contributed by atoms with Crippen LogP contribution in [-0.4, -0.2) is 13.2 Å². The molecule has 2 aliphatic rings. The summed E-state index contributed by atoms with van der Waals surface area (Å²) in [6.07, 6.45) is 8.06. The van der Waals surface area contributed by atoms with E-state index in [1.807, 2.05) is 24.3 Å². The third-order valence-electron chi connectivity index (χ3n) is 7.00. The van der Waals surface area contributed by atoms with Gasteiger partial charge in [-0.05, 0) is 109 Å². The van der Waals surface area contributed by atoms with Crippen LogP contribution in [0.5, 0.6) is 11.5 Å². The van der Waals surface area contributed by atoms with E-state index in [9.17, 15) is 0 Å². The fourth-order valence-electron chi connectivity index (χ4n) is 4.50. The van der Waals surface area contributed by atoms with Crippen molar-refractivity contribution in [1.82, 2.24) is 0 Å². The molecule has 4 aromatic carbocycles. The zero-order valence-electron chi connectivity index (χ0n) is 25.2. The Morgan fingerprint density at radius 3 is 1.22 bits per heavy atom. The van der Waals surface area contributed by atoms with E-state index in [0.29, 0.717) is 13.2 Å². The molecule has 2 nitrogen and oxygen atoms in total. The van der Waals surface area contributed by atoms with Gasteiger partial charge in [0.25, 0.3) is 0 Å². The van der Waals surface area contributed by atoms with E-state index in [2.05, 4.69) is 149 Å². The lowest BCUT2D eigenvalue weighted by Gasteiger charge is -2.13. The molecule has 0 amide bonds. The summed E-state index contributed by atoms with van der Waals surface area (Å²) in [6.45, 7) is 8.43. The first kappa shape index (κ1) is 34.3. The first-order valence-electron chi connectivity index (χ1n) is 14.9. The SMILES string of the molecule is C=CCOc1ccc(Br)cc1C(=C=C1CC1)c1ccc(Br)cc1.C=CCOc1ccc(Br)cc1C(=C=C1CC1)c1ccc(Br)cc1.